The molecular weight excluding hydrogens is 432 g/mol. The van der Waals surface area contributed by atoms with Gasteiger partial charge in [-0.15, -0.1) is 0 Å². The molecule has 1 amide bonds. The standard InChI is InChI=1S/C23H25ClN4O4/c1-16(31-20-9-5-18(24)6-10-20)23(29)28-13-11-27(12-14-28)15-21-25-22(26-32-21)17-3-7-19(30-2)8-4-17/h3-10,16H,11-15H2,1-2H3. The Labute approximate surface area is 191 Å². The van der Waals surface area contributed by atoms with Crippen LogP contribution in [-0.4, -0.2) is 65.2 Å². The molecule has 0 N–H and O–H groups in total. The molecule has 3 aromatic rings. The Hall–Kier alpha value is -3.10. The van der Waals surface area contributed by atoms with Gasteiger partial charge in [0.15, 0.2) is 6.10 Å². The first kappa shape index (κ1) is 22.1. The third-order valence-corrected chi connectivity index (χ3v) is 5.59. The van der Waals surface area contributed by atoms with Crippen LogP contribution < -0.4 is 9.47 Å². The Balaban J connectivity index is 1.27. The maximum atomic E-state index is 12.7. The van der Waals surface area contributed by atoms with E-state index in [9.17, 15) is 4.79 Å². The molecular formula is C23H25ClN4O4. The normalized spacial score (nSPS) is 15.4. The van der Waals surface area contributed by atoms with E-state index in [1.165, 1.54) is 0 Å². The van der Waals surface area contributed by atoms with Crippen LogP contribution in [-0.2, 0) is 11.3 Å². The van der Waals surface area contributed by atoms with Gasteiger partial charge in [0.05, 0.1) is 13.7 Å². The molecule has 1 atom stereocenters. The molecule has 2 heterocycles. The fourth-order valence-electron chi connectivity index (χ4n) is 3.52. The van der Waals surface area contributed by atoms with Gasteiger partial charge in [0.25, 0.3) is 5.91 Å². The molecule has 0 saturated carbocycles. The first-order valence-electron chi connectivity index (χ1n) is 10.4. The summed E-state index contributed by atoms with van der Waals surface area (Å²) >= 11 is 5.89. The quantitative estimate of drug-likeness (QED) is 0.538. The van der Waals surface area contributed by atoms with Crippen LogP contribution >= 0.6 is 11.6 Å². The Morgan fingerprint density at radius 2 is 1.72 bits per heavy atom. The summed E-state index contributed by atoms with van der Waals surface area (Å²) in [5, 5.41) is 4.71. The monoisotopic (exact) mass is 456 g/mol. The van der Waals surface area contributed by atoms with Gasteiger partial charge in [0.1, 0.15) is 11.5 Å². The van der Waals surface area contributed by atoms with Crippen LogP contribution in [0.4, 0.5) is 0 Å². The van der Waals surface area contributed by atoms with Gasteiger partial charge in [-0.1, -0.05) is 16.8 Å². The van der Waals surface area contributed by atoms with E-state index >= 15 is 0 Å². The van der Waals surface area contributed by atoms with Crippen molar-refractivity contribution in [1.29, 1.82) is 0 Å². The number of ether oxygens (including phenoxy) is 2. The number of benzene rings is 2. The molecule has 32 heavy (non-hydrogen) atoms. The fourth-order valence-corrected chi connectivity index (χ4v) is 3.64. The average Bonchev–Trinajstić information content (AvgIpc) is 3.29. The number of carbonyl (C=O) groups excluding carboxylic acids is 1. The highest BCUT2D eigenvalue weighted by Gasteiger charge is 2.27. The minimum atomic E-state index is -0.564. The number of hydrogen-bond acceptors (Lipinski definition) is 7. The molecule has 0 bridgehead atoms. The summed E-state index contributed by atoms with van der Waals surface area (Å²) < 4.78 is 16.4. The zero-order valence-electron chi connectivity index (χ0n) is 18.0. The van der Waals surface area contributed by atoms with Crippen LogP contribution in [0.2, 0.25) is 5.02 Å². The lowest BCUT2D eigenvalue weighted by atomic mass is 10.2. The molecule has 1 aromatic heterocycles. The lowest BCUT2D eigenvalue weighted by Crippen LogP contribution is -2.51. The van der Waals surface area contributed by atoms with Crippen molar-refractivity contribution in [3.05, 3.63) is 59.4 Å². The van der Waals surface area contributed by atoms with Gasteiger partial charge in [-0.2, -0.15) is 4.98 Å². The van der Waals surface area contributed by atoms with E-state index in [4.69, 9.17) is 25.6 Å². The molecule has 0 aliphatic carbocycles. The predicted octanol–water partition coefficient (Wildman–Crippen LogP) is 3.51. The lowest BCUT2D eigenvalue weighted by Gasteiger charge is -2.35. The summed E-state index contributed by atoms with van der Waals surface area (Å²) in [6, 6.07) is 14.5. The molecule has 1 unspecified atom stereocenters. The number of nitrogens with zero attached hydrogens (tertiary/aromatic N) is 4. The van der Waals surface area contributed by atoms with Gasteiger partial charge in [-0.05, 0) is 55.5 Å². The van der Waals surface area contributed by atoms with Gasteiger partial charge in [0.2, 0.25) is 11.7 Å². The van der Waals surface area contributed by atoms with Crippen LogP contribution in [0.5, 0.6) is 11.5 Å². The average molecular weight is 457 g/mol. The number of halogens is 1. The molecule has 0 spiro atoms. The van der Waals surface area contributed by atoms with Gasteiger partial charge in [0, 0.05) is 36.8 Å². The van der Waals surface area contributed by atoms with Crippen molar-refractivity contribution < 1.29 is 18.8 Å². The maximum Gasteiger partial charge on any atom is 0.263 e. The van der Waals surface area contributed by atoms with E-state index in [1.807, 2.05) is 29.2 Å². The molecule has 8 nitrogen and oxygen atoms in total. The van der Waals surface area contributed by atoms with E-state index < -0.39 is 6.10 Å². The zero-order chi connectivity index (χ0) is 22.5. The molecule has 1 aliphatic rings. The number of methoxy groups -OCH3 is 1. The van der Waals surface area contributed by atoms with Crippen LogP contribution in [0.25, 0.3) is 11.4 Å². The molecule has 1 aliphatic heterocycles. The Bertz CT molecular complexity index is 1030. The summed E-state index contributed by atoms with van der Waals surface area (Å²) in [4.78, 5) is 21.3. The summed E-state index contributed by atoms with van der Waals surface area (Å²) in [7, 11) is 1.63. The van der Waals surface area contributed by atoms with Crippen molar-refractivity contribution in [3.63, 3.8) is 0 Å². The van der Waals surface area contributed by atoms with Crippen LogP contribution in [0.1, 0.15) is 12.8 Å². The highest BCUT2D eigenvalue weighted by atomic mass is 35.5. The number of piperazine rings is 1. The fraction of sp³-hybridized carbons (Fsp3) is 0.348. The minimum absolute atomic E-state index is 0.0285. The van der Waals surface area contributed by atoms with Gasteiger partial charge in [-0.25, -0.2) is 0 Å². The minimum Gasteiger partial charge on any atom is -0.497 e. The van der Waals surface area contributed by atoms with Gasteiger partial charge in [-0.3, -0.25) is 9.69 Å². The number of rotatable bonds is 7. The first-order chi connectivity index (χ1) is 15.5. The second-order valence-corrected chi connectivity index (χ2v) is 7.99. The Kier molecular flexibility index (Phi) is 6.92. The van der Waals surface area contributed by atoms with E-state index in [0.29, 0.717) is 42.1 Å². The van der Waals surface area contributed by atoms with Crippen molar-refractivity contribution in [2.75, 3.05) is 33.3 Å². The maximum absolute atomic E-state index is 12.7. The molecule has 4 rings (SSSR count). The zero-order valence-corrected chi connectivity index (χ0v) is 18.8. The second-order valence-electron chi connectivity index (χ2n) is 7.56. The molecule has 2 aromatic carbocycles. The third-order valence-electron chi connectivity index (χ3n) is 5.33. The van der Waals surface area contributed by atoms with Gasteiger partial charge >= 0.3 is 0 Å². The van der Waals surface area contributed by atoms with Crippen molar-refractivity contribution in [2.45, 2.75) is 19.6 Å². The smallest absolute Gasteiger partial charge is 0.263 e. The lowest BCUT2D eigenvalue weighted by molar-refractivity contribution is -0.139. The van der Waals surface area contributed by atoms with Crippen molar-refractivity contribution in [1.82, 2.24) is 19.9 Å². The highest BCUT2D eigenvalue weighted by Crippen LogP contribution is 2.21. The topological polar surface area (TPSA) is 80.9 Å². The second kappa shape index (κ2) is 10.0. The Morgan fingerprint density at radius 3 is 2.38 bits per heavy atom. The number of hydrogen-bond donors (Lipinski definition) is 0. The van der Waals surface area contributed by atoms with E-state index in [1.54, 1.807) is 38.3 Å². The number of carbonyl (C=O) groups is 1. The van der Waals surface area contributed by atoms with Crippen molar-refractivity contribution >= 4 is 17.5 Å². The first-order valence-corrected chi connectivity index (χ1v) is 10.8. The number of amides is 1. The van der Waals surface area contributed by atoms with E-state index in [0.717, 1.165) is 24.4 Å². The highest BCUT2D eigenvalue weighted by molar-refractivity contribution is 6.30. The number of aromatic nitrogens is 2. The molecule has 0 radical (unpaired) electrons. The predicted molar refractivity (Wildman–Crippen MR) is 120 cm³/mol. The van der Waals surface area contributed by atoms with Crippen LogP contribution in [0.15, 0.2) is 53.1 Å². The Morgan fingerprint density at radius 1 is 1.06 bits per heavy atom. The molecule has 1 fully saturated rings. The SMILES string of the molecule is COc1ccc(-c2noc(CN3CCN(C(=O)C(C)Oc4ccc(Cl)cc4)CC3)n2)cc1. The summed E-state index contributed by atoms with van der Waals surface area (Å²) in [5.41, 5.74) is 0.867. The molecule has 168 valence electrons. The van der Waals surface area contributed by atoms with Crippen LogP contribution in [0, 0.1) is 0 Å². The molecule has 9 heteroatoms. The third kappa shape index (κ3) is 5.38. The van der Waals surface area contributed by atoms with Crippen molar-refractivity contribution in [3.8, 4) is 22.9 Å². The van der Waals surface area contributed by atoms with E-state index in [-0.39, 0.29) is 5.91 Å². The summed E-state index contributed by atoms with van der Waals surface area (Å²) in [6.07, 6.45) is -0.564. The summed E-state index contributed by atoms with van der Waals surface area (Å²) in [6.45, 7) is 4.99. The van der Waals surface area contributed by atoms with Gasteiger partial charge < -0.3 is 18.9 Å². The molecule has 1 saturated heterocycles. The van der Waals surface area contributed by atoms with E-state index in [2.05, 4.69) is 15.0 Å². The summed E-state index contributed by atoms with van der Waals surface area (Å²) in [5.74, 6) is 2.47. The largest absolute Gasteiger partial charge is 0.497 e. The van der Waals surface area contributed by atoms with Crippen molar-refractivity contribution in [2.24, 2.45) is 0 Å². The van der Waals surface area contributed by atoms with Crippen LogP contribution in [0.3, 0.4) is 0 Å².